The minimum Gasteiger partial charge on any atom is -0.294 e. The summed E-state index contributed by atoms with van der Waals surface area (Å²) in [5, 5.41) is 2.82. The summed E-state index contributed by atoms with van der Waals surface area (Å²) < 4.78 is 29.5. The second-order valence-electron chi connectivity index (χ2n) is 8.53. The van der Waals surface area contributed by atoms with E-state index in [9.17, 15) is 13.2 Å². The maximum atomic E-state index is 13.3. The predicted octanol–water partition coefficient (Wildman–Crippen LogP) is 4.89. The highest BCUT2D eigenvalue weighted by molar-refractivity contribution is 7.89. The average Bonchev–Trinajstić information content (AvgIpc) is 3.27. The van der Waals surface area contributed by atoms with Crippen LogP contribution < -0.4 is 5.32 Å². The Morgan fingerprint density at radius 3 is 2.14 bits per heavy atom. The molecule has 0 atom stereocenters. The molecule has 35 heavy (non-hydrogen) atoms. The van der Waals surface area contributed by atoms with Gasteiger partial charge in [0.05, 0.1) is 17.1 Å². The summed E-state index contributed by atoms with van der Waals surface area (Å²) >= 11 is 0. The number of benzene rings is 3. The van der Waals surface area contributed by atoms with E-state index < -0.39 is 22.0 Å². The Morgan fingerprint density at radius 2 is 1.54 bits per heavy atom. The molecule has 3 aromatic carbocycles. The summed E-state index contributed by atoms with van der Waals surface area (Å²) in [6, 6.07) is 25.4. The molecule has 0 aliphatic rings. The number of para-hydroxylation sites is 1. The largest absolute Gasteiger partial charge is 0.294 e. The molecule has 7 nitrogen and oxygen atoms in total. The van der Waals surface area contributed by atoms with E-state index in [4.69, 9.17) is 0 Å². The Bertz CT molecular complexity index is 1400. The Labute approximate surface area is 206 Å². The Morgan fingerprint density at radius 1 is 0.943 bits per heavy atom. The summed E-state index contributed by atoms with van der Waals surface area (Å²) in [6.45, 7) is 5.05. The summed E-state index contributed by atoms with van der Waals surface area (Å²) in [5.74, 6) is -0.159. The summed E-state index contributed by atoms with van der Waals surface area (Å²) in [6.07, 6.45) is 1.85. The van der Waals surface area contributed by atoms with Crippen LogP contribution in [0.1, 0.15) is 19.4 Å². The molecule has 1 heterocycles. The quantitative estimate of drug-likeness (QED) is 0.383. The van der Waals surface area contributed by atoms with Crippen molar-refractivity contribution in [2.75, 3.05) is 11.9 Å². The number of sulfonamides is 1. The van der Waals surface area contributed by atoms with Gasteiger partial charge in [0.1, 0.15) is 0 Å². The van der Waals surface area contributed by atoms with Crippen LogP contribution in [-0.4, -0.2) is 40.8 Å². The maximum absolute atomic E-state index is 13.3. The number of imidazole rings is 1. The minimum absolute atomic E-state index is 0.154. The molecule has 1 N–H and O–H groups in total. The van der Waals surface area contributed by atoms with Crippen LogP contribution in [0.25, 0.3) is 16.9 Å². The van der Waals surface area contributed by atoms with Crippen LogP contribution in [-0.2, 0) is 14.8 Å². The molecule has 0 saturated heterocycles. The van der Waals surface area contributed by atoms with Gasteiger partial charge in [-0.05, 0) is 45.0 Å². The van der Waals surface area contributed by atoms with E-state index in [0.717, 1.165) is 16.8 Å². The van der Waals surface area contributed by atoms with Gasteiger partial charge in [0, 0.05) is 23.5 Å². The van der Waals surface area contributed by atoms with Gasteiger partial charge in [0.15, 0.2) is 0 Å². The summed E-state index contributed by atoms with van der Waals surface area (Å²) in [4.78, 5) is 17.9. The molecule has 8 heteroatoms. The van der Waals surface area contributed by atoms with E-state index in [1.54, 1.807) is 42.7 Å². The molecule has 0 spiro atoms. The number of nitrogens with one attached hydrogen (secondary N) is 1. The van der Waals surface area contributed by atoms with Crippen LogP contribution in [0.5, 0.6) is 0 Å². The fourth-order valence-corrected chi connectivity index (χ4v) is 5.29. The first-order valence-electron chi connectivity index (χ1n) is 11.3. The Hall–Kier alpha value is -3.75. The van der Waals surface area contributed by atoms with E-state index in [1.807, 2.05) is 73.8 Å². The van der Waals surface area contributed by atoms with Crippen molar-refractivity contribution in [1.82, 2.24) is 13.9 Å². The van der Waals surface area contributed by atoms with Crippen LogP contribution in [0.4, 0.5) is 5.95 Å². The second kappa shape index (κ2) is 10.2. The van der Waals surface area contributed by atoms with E-state index in [2.05, 4.69) is 10.3 Å². The number of hydrogen-bond donors (Lipinski definition) is 1. The van der Waals surface area contributed by atoms with Crippen LogP contribution in [0.15, 0.2) is 96.0 Å². The molecule has 4 rings (SSSR count). The van der Waals surface area contributed by atoms with Crippen molar-refractivity contribution in [2.45, 2.75) is 31.7 Å². The molecule has 0 aliphatic heterocycles. The smallest absolute Gasteiger partial charge is 0.243 e. The van der Waals surface area contributed by atoms with Gasteiger partial charge in [0.25, 0.3) is 0 Å². The van der Waals surface area contributed by atoms with Crippen molar-refractivity contribution in [2.24, 2.45) is 0 Å². The lowest BCUT2D eigenvalue weighted by Crippen LogP contribution is -2.42. The van der Waals surface area contributed by atoms with Crippen molar-refractivity contribution in [3.8, 4) is 16.9 Å². The zero-order valence-electron chi connectivity index (χ0n) is 19.9. The van der Waals surface area contributed by atoms with Gasteiger partial charge in [0.2, 0.25) is 21.9 Å². The molecule has 1 amide bonds. The number of aryl methyl sites for hydroxylation is 1. The monoisotopic (exact) mass is 488 g/mol. The molecule has 0 fully saturated rings. The van der Waals surface area contributed by atoms with Gasteiger partial charge in [-0.25, -0.2) is 13.4 Å². The third kappa shape index (κ3) is 5.50. The van der Waals surface area contributed by atoms with Crippen molar-refractivity contribution >= 4 is 21.9 Å². The molecule has 0 unspecified atom stereocenters. The number of amides is 1. The number of anilines is 1. The zero-order chi connectivity index (χ0) is 25.0. The van der Waals surface area contributed by atoms with E-state index >= 15 is 0 Å². The Balaban J connectivity index is 1.63. The van der Waals surface area contributed by atoms with Crippen molar-refractivity contribution in [3.63, 3.8) is 0 Å². The van der Waals surface area contributed by atoms with Crippen LogP contribution in [0.3, 0.4) is 0 Å². The average molecular weight is 489 g/mol. The van der Waals surface area contributed by atoms with Gasteiger partial charge < -0.3 is 0 Å². The van der Waals surface area contributed by atoms with E-state index in [0.29, 0.717) is 11.6 Å². The van der Waals surface area contributed by atoms with Gasteiger partial charge in [-0.1, -0.05) is 66.2 Å². The molecule has 0 aliphatic carbocycles. The SMILES string of the molecule is Cc1ccc(S(=O)(=O)N(CC(=O)Nc2nc(-c3ccccc3)cn2-c2ccccc2)C(C)C)cc1. The lowest BCUT2D eigenvalue weighted by Gasteiger charge is -2.25. The number of nitrogens with zero attached hydrogens (tertiary/aromatic N) is 3. The summed E-state index contributed by atoms with van der Waals surface area (Å²) in [5.41, 5.74) is 3.38. The first-order valence-corrected chi connectivity index (χ1v) is 12.8. The van der Waals surface area contributed by atoms with Crippen LogP contribution in [0.2, 0.25) is 0 Å². The lowest BCUT2D eigenvalue weighted by atomic mass is 10.2. The topological polar surface area (TPSA) is 84.3 Å². The number of hydrogen-bond acceptors (Lipinski definition) is 4. The number of rotatable bonds is 8. The van der Waals surface area contributed by atoms with Crippen molar-refractivity contribution in [1.29, 1.82) is 0 Å². The molecule has 0 saturated carbocycles. The highest BCUT2D eigenvalue weighted by Crippen LogP contribution is 2.25. The maximum Gasteiger partial charge on any atom is 0.243 e. The van der Waals surface area contributed by atoms with Gasteiger partial charge >= 0.3 is 0 Å². The lowest BCUT2D eigenvalue weighted by molar-refractivity contribution is -0.116. The molecule has 4 aromatic rings. The minimum atomic E-state index is -3.86. The molecule has 1 aromatic heterocycles. The predicted molar refractivity (Wildman–Crippen MR) is 138 cm³/mol. The highest BCUT2D eigenvalue weighted by atomic mass is 32.2. The first-order chi connectivity index (χ1) is 16.8. The highest BCUT2D eigenvalue weighted by Gasteiger charge is 2.29. The number of carbonyl (C=O) groups is 1. The van der Waals surface area contributed by atoms with Crippen LogP contribution in [0, 0.1) is 6.92 Å². The van der Waals surface area contributed by atoms with Crippen molar-refractivity contribution < 1.29 is 13.2 Å². The zero-order valence-corrected chi connectivity index (χ0v) is 20.7. The summed E-state index contributed by atoms with van der Waals surface area (Å²) in [7, 11) is -3.86. The first kappa shape index (κ1) is 24.4. The Kier molecular flexibility index (Phi) is 7.14. The van der Waals surface area contributed by atoms with Gasteiger partial charge in [-0.3, -0.25) is 14.7 Å². The molecular weight excluding hydrogens is 460 g/mol. The fraction of sp³-hybridized carbons (Fsp3) is 0.185. The fourth-order valence-electron chi connectivity index (χ4n) is 3.70. The van der Waals surface area contributed by atoms with Crippen molar-refractivity contribution in [3.05, 3.63) is 96.7 Å². The van der Waals surface area contributed by atoms with E-state index in [1.165, 1.54) is 4.31 Å². The standard InChI is InChI=1S/C27H28N4O3S/c1-20(2)31(35(33,34)24-16-14-21(3)15-17-24)19-26(32)29-27-28-25(22-10-6-4-7-11-22)18-30(27)23-12-8-5-9-13-23/h4-18,20H,19H2,1-3H3,(H,28,29,32). The second-order valence-corrected chi connectivity index (χ2v) is 10.4. The van der Waals surface area contributed by atoms with E-state index in [-0.39, 0.29) is 11.4 Å². The third-order valence-electron chi connectivity index (χ3n) is 5.56. The molecular formula is C27H28N4O3S. The van der Waals surface area contributed by atoms with Gasteiger partial charge in [-0.15, -0.1) is 0 Å². The molecule has 180 valence electrons. The number of carbonyl (C=O) groups excluding carboxylic acids is 1. The van der Waals surface area contributed by atoms with Gasteiger partial charge in [-0.2, -0.15) is 4.31 Å². The third-order valence-corrected chi connectivity index (χ3v) is 7.60. The normalized spacial score (nSPS) is 11.7. The number of aromatic nitrogens is 2. The van der Waals surface area contributed by atoms with Crippen LogP contribution >= 0.6 is 0 Å². The molecule has 0 radical (unpaired) electrons. The molecule has 0 bridgehead atoms.